The van der Waals surface area contributed by atoms with E-state index < -0.39 is 26.9 Å². The number of ether oxygens (including phenoxy) is 1. The summed E-state index contributed by atoms with van der Waals surface area (Å²) in [6, 6.07) is 12.0. The predicted octanol–water partition coefficient (Wildman–Crippen LogP) is 3.15. The molecule has 0 aliphatic heterocycles. The van der Waals surface area contributed by atoms with Crippen molar-refractivity contribution in [2.75, 3.05) is 11.1 Å². The molecule has 0 saturated carbocycles. The van der Waals surface area contributed by atoms with Gasteiger partial charge in [0.2, 0.25) is 0 Å². The molecule has 0 aromatic heterocycles. The Balaban J connectivity index is 2.21. The third-order valence-corrected chi connectivity index (χ3v) is 5.18. The van der Waals surface area contributed by atoms with E-state index in [1.807, 2.05) is 0 Å². The van der Waals surface area contributed by atoms with E-state index in [0.29, 0.717) is 5.69 Å². The highest BCUT2D eigenvalue weighted by Gasteiger charge is 2.22. The summed E-state index contributed by atoms with van der Waals surface area (Å²) in [5.41, 5.74) is 7.47. The number of benzene rings is 3. The average Bonchev–Trinajstić information content (AvgIpc) is 2.64. The number of rotatable bonds is 4. The molecule has 0 aliphatic carbocycles. The van der Waals surface area contributed by atoms with Crippen molar-refractivity contribution in [3.05, 3.63) is 59.7 Å². The fraction of sp³-hybridized carbons (Fsp3) is 0.100. The zero-order valence-electron chi connectivity index (χ0n) is 15.6. The zero-order chi connectivity index (χ0) is 21.3. The van der Waals surface area contributed by atoms with Gasteiger partial charge in [-0.2, -0.15) is 8.42 Å². The van der Waals surface area contributed by atoms with Crippen LogP contribution in [-0.2, 0) is 14.9 Å². The van der Waals surface area contributed by atoms with Crippen LogP contribution in [0.15, 0.2) is 53.4 Å². The topological polar surface area (TPSA) is 136 Å². The average molecular weight is 414 g/mol. The van der Waals surface area contributed by atoms with Gasteiger partial charge in [0, 0.05) is 35.0 Å². The van der Waals surface area contributed by atoms with E-state index in [0.717, 1.165) is 18.6 Å². The van der Waals surface area contributed by atoms with Crippen molar-refractivity contribution >= 4 is 44.1 Å². The molecule has 0 atom stereocenters. The molecule has 0 spiro atoms. The van der Waals surface area contributed by atoms with Gasteiger partial charge in [0.15, 0.2) is 5.75 Å². The molecule has 29 heavy (non-hydrogen) atoms. The largest absolute Gasteiger partial charge is 0.424 e. The number of nitrogen functional groups attached to an aromatic ring is 1. The third-order valence-electron chi connectivity index (χ3n) is 4.28. The molecule has 8 nitrogen and oxygen atoms in total. The van der Waals surface area contributed by atoms with Crippen LogP contribution in [0.25, 0.3) is 10.8 Å². The number of carbonyl (C=O) groups is 2. The van der Waals surface area contributed by atoms with Crippen LogP contribution in [0.1, 0.15) is 22.8 Å². The number of nitrogens with one attached hydrogen (secondary N) is 1. The van der Waals surface area contributed by atoms with Crippen molar-refractivity contribution in [1.29, 1.82) is 0 Å². The van der Waals surface area contributed by atoms with Crippen molar-refractivity contribution in [2.24, 2.45) is 0 Å². The van der Waals surface area contributed by atoms with Crippen LogP contribution in [0.2, 0.25) is 0 Å². The minimum atomic E-state index is -4.62. The van der Waals surface area contributed by atoms with Crippen molar-refractivity contribution in [3.63, 3.8) is 0 Å². The van der Waals surface area contributed by atoms with Crippen LogP contribution in [0.3, 0.4) is 0 Å². The molecule has 0 saturated heterocycles. The van der Waals surface area contributed by atoms with E-state index in [9.17, 15) is 22.6 Å². The minimum absolute atomic E-state index is 0.0901. The number of hydrogen-bond acceptors (Lipinski definition) is 6. The van der Waals surface area contributed by atoms with Gasteiger partial charge in [-0.1, -0.05) is 30.3 Å². The lowest BCUT2D eigenvalue weighted by Crippen LogP contribution is -2.15. The van der Waals surface area contributed by atoms with Crippen LogP contribution in [0, 0.1) is 6.92 Å². The molecule has 0 heterocycles. The predicted molar refractivity (Wildman–Crippen MR) is 109 cm³/mol. The molecule has 0 aliphatic rings. The molecule has 3 aromatic carbocycles. The smallest absolute Gasteiger partial charge is 0.308 e. The highest BCUT2D eigenvalue weighted by atomic mass is 32.2. The first-order chi connectivity index (χ1) is 13.6. The van der Waals surface area contributed by atoms with E-state index in [4.69, 9.17) is 10.5 Å². The second-order valence-corrected chi connectivity index (χ2v) is 7.78. The van der Waals surface area contributed by atoms with Gasteiger partial charge in [0.1, 0.15) is 4.90 Å². The highest BCUT2D eigenvalue weighted by Crippen LogP contribution is 2.38. The van der Waals surface area contributed by atoms with Gasteiger partial charge in [-0.25, -0.2) is 0 Å². The Morgan fingerprint density at radius 1 is 1.07 bits per heavy atom. The fourth-order valence-electron chi connectivity index (χ4n) is 2.86. The van der Waals surface area contributed by atoms with Crippen LogP contribution in [0.5, 0.6) is 5.75 Å². The molecule has 0 radical (unpaired) electrons. The van der Waals surface area contributed by atoms with Crippen molar-refractivity contribution < 1.29 is 27.3 Å². The Morgan fingerprint density at radius 3 is 2.31 bits per heavy atom. The van der Waals surface area contributed by atoms with Gasteiger partial charge in [-0.15, -0.1) is 0 Å². The van der Waals surface area contributed by atoms with Gasteiger partial charge >= 0.3 is 5.97 Å². The number of nitrogens with two attached hydrogens (primary N) is 1. The quantitative estimate of drug-likeness (QED) is 0.258. The number of carbonyl (C=O) groups excluding carboxylic acids is 2. The second kappa shape index (κ2) is 7.53. The second-order valence-electron chi connectivity index (χ2n) is 6.39. The van der Waals surface area contributed by atoms with Crippen molar-refractivity contribution in [2.45, 2.75) is 18.7 Å². The van der Waals surface area contributed by atoms with Crippen LogP contribution < -0.4 is 15.8 Å². The summed E-state index contributed by atoms with van der Waals surface area (Å²) in [6.07, 6.45) is 0. The zero-order valence-corrected chi connectivity index (χ0v) is 16.4. The summed E-state index contributed by atoms with van der Waals surface area (Å²) in [6.45, 7) is 2.94. The fourth-order valence-corrected chi connectivity index (χ4v) is 3.57. The lowest BCUT2D eigenvalue weighted by atomic mass is 10.1. The minimum Gasteiger partial charge on any atom is -0.424 e. The van der Waals surface area contributed by atoms with Gasteiger partial charge in [-0.3, -0.25) is 14.1 Å². The molecular formula is C20H18N2O6S. The highest BCUT2D eigenvalue weighted by molar-refractivity contribution is 7.86. The molecule has 0 unspecified atom stereocenters. The van der Waals surface area contributed by atoms with E-state index in [1.165, 1.54) is 18.2 Å². The summed E-state index contributed by atoms with van der Waals surface area (Å²) in [4.78, 5) is 23.9. The van der Waals surface area contributed by atoms with Gasteiger partial charge in [-0.05, 0) is 24.6 Å². The molecule has 3 aromatic rings. The monoisotopic (exact) mass is 414 g/mol. The Labute approximate surface area is 167 Å². The maximum absolute atomic E-state index is 12.8. The van der Waals surface area contributed by atoms with Crippen molar-refractivity contribution in [1.82, 2.24) is 0 Å². The molecule has 0 bridgehead atoms. The number of aryl methyl sites for hydroxylation is 1. The molecule has 1 amide bonds. The van der Waals surface area contributed by atoms with Crippen molar-refractivity contribution in [3.8, 4) is 5.75 Å². The number of fused-ring (bicyclic) bond motifs is 1. The Kier molecular flexibility index (Phi) is 5.27. The lowest BCUT2D eigenvalue weighted by molar-refractivity contribution is -0.131. The Bertz CT molecular complexity index is 1250. The maximum Gasteiger partial charge on any atom is 0.308 e. The van der Waals surface area contributed by atoms with Gasteiger partial charge in [0.05, 0.1) is 5.69 Å². The van der Waals surface area contributed by atoms with E-state index >= 15 is 0 Å². The summed E-state index contributed by atoms with van der Waals surface area (Å²) in [7, 11) is -4.62. The van der Waals surface area contributed by atoms with Gasteiger partial charge in [0.25, 0.3) is 16.0 Å². The normalized spacial score (nSPS) is 11.3. The first-order valence-electron chi connectivity index (χ1n) is 8.47. The Hall–Kier alpha value is -3.43. The summed E-state index contributed by atoms with van der Waals surface area (Å²) in [5.74, 6) is -1.47. The molecule has 9 heteroatoms. The number of anilines is 2. The molecule has 150 valence electrons. The number of amides is 1. The first kappa shape index (κ1) is 20.3. The Morgan fingerprint density at radius 2 is 1.72 bits per heavy atom. The van der Waals surface area contributed by atoms with E-state index in [2.05, 4.69) is 5.32 Å². The molecule has 0 fully saturated rings. The number of esters is 1. The van der Waals surface area contributed by atoms with Crippen LogP contribution in [-0.4, -0.2) is 24.8 Å². The summed E-state index contributed by atoms with van der Waals surface area (Å²) >= 11 is 0. The molecule has 3 rings (SSSR count). The van der Waals surface area contributed by atoms with E-state index in [1.54, 1.807) is 31.2 Å². The summed E-state index contributed by atoms with van der Waals surface area (Å²) in [5, 5.41) is 3.08. The molecule has 4 N–H and O–H groups in total. The van der Waals surface area contributed by atoms with E-state index in [-0.39, 0.29) is 27.8 Å². The lowest BCUT2D eigenvalue weighted by Gasteiger charge is -2.16. The number of hydrogen-bond donors (Lipinski definition) is 3. The van der Waals surface area contributed by atoms with Crippen LogP contribution >= 0.6 is 0 Å². The summed E-state index contributed by atoms with van der Waals surface area (Å²) < 4.78 is 38.3. The standard InChI is InChI=1S/C20H18N2O6S/c1-11-7-8-13(9-16(11)21)20(24)22-19-15-6-4-3-5-14(15)18(29(25,26)27)10-17(19)28-12(2)23/h3-10H,21H2,1-2H3,(H,22,24)(H,25,26,27). The first-order valence-corrected chi connectivity index (χ1v) is 9.91. The van der Waals surface area contributed by atoms with Gasteiger partial charge < -0.3 is 15.8 Å². The molecular weight excluding hydrogens is 396 g/mol. The maximum atomic E-state index is 12.8. The third kappa shape index (κ3) is 4.20. The SMILES string of the molecule is CC(=O)Oc1cc(S(=O)(=O)O)c2ccccc2c1NC(=O)c1ccc(C)c(N)c1. The van der Waals surface area contributed by atoms with Crippen LogP contribution in [0.4, 0.5) is 11.4 Å².